The van der Waals surface area contributed by atoms with Gasteiger partial charge in [0.05, 0.1) is 0 Å². The first-order valence-electron chi connectivity index (χ1n) is 6.05. The van der Waals surface area contributed by atoms with Gasteiger partial charge in [-0.05, 0) is 31.7 Å². The molecule has 0 aromatic carbocycles. The molecule has 0 radical (unpaired) electrons. The molecule has 1 aliphatic rings. The monoisotopic (exact) mass is 249 g/mol. The van der Waals surface area contributed by atoms with Crippen LogP contribution in [0.3, 0.4) is 0 Å². The molecular weight excluding hydrogens is 226 g/mol. The molecule has 1 fully saturated rings. The summed E-state index contributed by atoms with van der Waals surface area (Å²) < 4.78 is 27.8. The Morgan fingerprint density at radius 2 is 2.00 bits per heavy atom. The molecule has 0 amide bonds. The molecule has 1 saturated heterocycles. The number of rotatable bonds is 6. The maximum absolute atomic E-state index is 11.8. The molecule has 0 aliphatic carbocycles. The van der Waals surface area contributed by atoms with Crippen LogP contribution in [0.4, 0.5) is 0 Å². The van der Waals surface area contributed by atoms with E-state index in [2.05, 4.69) is 4.72 Å². The molecule has 96 valence electrons. The van der Waals surface area contributed by atoms with E-state index < -0.39 is 10.2 Å². The summed E-state index contributed by atoms with van der Waals surface area (Å²) in [6, 6.07) is 0. The highest BCUT2D eigenvalue weighted by atomic mass is 32.2. The minimum absolute atomic E-state index is 0.488. The van der Waals surface area contributed by atoms with Crippen molar-refractivity contribution < 1.29 is 8.42 Å². The Bertz CT molecular complexity index is 284. The molecule has 0 spiro atoms. The van der Waals surface area contributed by atoms with Crippen molar-refractivity contribution in [1.82, 2.24) is 9.03 Å². The van der Waals surface area contributed by atoms with E-state index in [1.54, 1.807) is 0 Å². The van der Waals surface area contributed by atoms with Gasteiger partial charge in [0.1, 0.15) is 0 Å². The molecule has 1 aliphatic heterocycles. The number of nitrogens with two attached hydrogens (primary N) is 1. The highest BCUT2D eigenvalue weighted by Crippen LogP contribution is 2.17. The Morgan fingerprint density at radius 1 is 1.38 bits per heavy atom. The van der Waals surface area contributed by atoms with Crippen molar-refractivity contribution in [3.05, 3.63) is 0 Å². The van der Waals surface area contributed by atoms with Crippen LogP contribution in [0, 0.1) is 5.92 Å². The summed E-state index contributed by atoms with van der Waals surface area (Å²) in [6.45, 7) is 4.44. The normalized spacial score (nSPS) is 20.1. The van der Waals surface area contributed by atoms with Crippen LogP contribution in [0.5, 0.6) is 0 Å². The molecule has 0 aromatic rings. The summed E-state index contributed by atoms with van der Waals surface area (Å²) in [7, 11) is -3.24. The van der Waals surface area contributed by atoms with Crippen LogP contribution >= 0.6 is 0 Å². The van der Waals surface area contributed by atoms with Gasteiger partial charge in [-0.3, -0.25) is 0 Å². The number of nitrogens with one attached hydrogen (secondary N) is 1. The Labute approximate surface area is 98.6 Å². The van der Waals surface area contributed by atoms with E-state index in [1.807, 2.05) is 6.92 Å². The van der Waals surface area contributed by atoms with E-state index in [0.717, 1.165) is 25.7 Å². The third kappa shape index (κ3) is 4.01. The van der Waals surface area contributed by atoms with Crippen molar-refractivity contribution in [2.24, 2.45) is 11.7 Å². The van der Waals surface area contributed by atoms with E-state index >= 15 is 0 Å². The van der Waals surface area contributed by atoms with Gasteiger partial charge < -0.3 is 5.73 Å². The van der Waals surface area contributed by atoms with Gasteiger partial charge in [0.2, 0.25) is 0 Å². The molecular formula is C10H23N3O2S. The lowest BCUT2D eigenvalue weighted by Gasteiger charge is -2.30. The summed E-state index contributed by atoms with van der Waals surface area (Å²) >= 11 is 0. The average Bonchev–Trinajstić information content (AvgIpc) is 2.29. The zero-order chi connectivity index (χ0) is 12.0. The number of hydrogen-bond acceptors (Lipinski definition) is 3. The lowest BCUT2D eigenvalue weighted by atomic mass is 9.99. The zero-order valence-electron chi connectivity index (χ0n) is 9.98. The van der Waals surface area contributed by atoms with Crippen LogP contribution < -0.4 is 10.5 Å². The summed E-state index contributed by atoms with van der Waals surface area (Å²) in [5, 5.41) is 0. The van der Waals surface area contributed by atoms with E-state index in [0.29, 0.717) is 32.1 Å². The van der Waals surface area contributed by atoms with Crippen molar-refractivity contribution >= 4 is 10.2 Å². The molecule has 0 saturated carbocycles. The third-order valence-electron chi connectivity index (χ3n) is 3.06. The molecule has 0 atom stereocenters. The van der Waals surface area contributed by atoms with Crippen molar-refractivity contribution in [2.45, 2.75) is 32.6 Å². The quantitative estimate of drug-likeness (QED) is 0.664. The van der Waals surface area contributed by atoms with Gasteiger partial charge in [-0.1, -0.05) is 13.3 Å². The van der Waals surface area contributed by atoms with E-state index in [9.17, 15) is 8.42 Å². The third-order valence-corrected chi connectivity index (χ3v) is 4.68. The second kappa shape index (κ2) is 6.54. The van der Waals surface area contributed by atoms with Gasteiger partial charge in [0.15, 0.2) is 0 Å². The first-order valence-corrected chi connectivity index (χ1v) is 7.49. The number of hydrogen-bond donors (Lipinski definition) is 2. The van der Waals surface area contributed by atoms with Crippen molar-refractivity contribution in [1.29, 1.82) is 0 Å². The van der Waals surface area contributed by atoms with E-state index in [4.69, 9.17) is 5.73 Å². The minimum atomic E-state index is -3.24. The van der Waals surface area contributed by atoms with Crippen LogP contribution in [0.15, 0.2) is 0 Å². The molecule has 1 rings (SSSR count). The average molecular weight is 249 g/mol. The Hall–Kier alpha value is -0.170. The van der Waals surface area contributed by atoms with Crippen LogP contribution in [-0.2, 0) is 10.2 Å². The second-order valence-corrected chi connectivity index (χ2v) is 6.09. The first kappa shape index (κ1) is 13.9. The fourth-order valence-corrected chi connectivity index (χ4v) is 3.13. The maximum atomic E-state index is 11.8. The van der Waals surface area contributed by atoms with Gasteiger partial charge >= 0.3 is 0 Å². The number of nitrogens with zero attached hydrogens (tertiary/aromatic N) is 1. The molecule has 1 heterocycles. The van der Waals surface area contributed by atoms with Crippen molar-refractivity contribution in [3.63, 3.8) is 0 Å². The predicted molar refractivity (Wildman–Crippen MR) is 65.2 cm³/mol. The fourth-order valence-electron chi connectivity index (χ4n) is 1.85. The summed E-state index contributed by atoms with van der Waals surface area (Å²) in [5.74, 6) is 0.488. The predicted octanol–water partition coefficient (Wildman–Crippen LogP) is 0.292. The molecule has 0 aromatic heterocycles. The molecule has 3 N–H and O–H groups in total. The van der Waals surface area contributed by atoms with Crippen LogP contribution in [-0.4, -0.2) is 38.9 Å². The minimum Gasteiger partial charge on any atom is -0.330 e. The van der Waals surface area contributed by atoms with Crippen LogP contribution in [0.25, 0.3) is 0 Å². The van der Waals surface area contributed by atoms with Gasteiger partial charge in [0, 0.05) is 19.6 Å². The molecule has 0 bridgehead atoms. The lowest BCUT2D eigenvalue weighted by Crippen LogP contribution is -2.46. The SMILES string of the molecule is CCCCNS(=O)(=O)N1CCC(CN)CC1. The Morgan fingerprint density at radius 3 is 2.50 bits per heavy atom. The zero-order valence-corrected chi connectivity index (χ0v) is 10.8. The first-order chi connectivity index (χ1) is 7.60. The molecule has 5 nitrogen and oxygen atoms in total. The van der Waals surface area contributed by atoms with E-state index in [1.165, 1.54) is 4.31 Å². The Balaban J connectivity index is 2.39. The summed E-state index contributed by atoms with van der Waals surface area (Å²) in [4.78, 5) is 0. The summed E-state index contributed by atoms with van der Waals surface area (Å²) in [6.07, 6.45) is 3.65. The standard InChI is InChI=1S/C10H23N3O2S/c1-2-3-6-12-16(14,15)13-7-4-10(9-11)5-8-13/h10,12H,2-9,11H2,1H3. The highest BCUT2D eigenvalue weighted by Gasteiger charge is 2.26. The molecule has 6 heteroatoms. The maximum Gasteiger partial charge on any atom is 0.279 e. The molecule has 0 unspecified atom stereocenters. The van der Waals surface area contributed by atoms with Gasteiger partial charge in [0.25, 0.3) is 10.2 Å². The van der Waals surface area contributed by atoms with Crippen LogP contribution in [0.2, 0.25) is 0 Å². The lowest BCUT2D eigenvalue weighted by molar-refractivity contribution is 0.276. The smallest absolute Gasteiger partial charge is 0.279 e. The fraction of sp³-hybridized carbons (Fsp3) is 1.00. The van der Waals surface area contributed by atoms with Gasteiger partial charge in [-0.2, -0.15) is 12.7 Å². The largest absolute Gasteiger partial charge is 0.330 e. The second-order valence-electron chi connectivity index (χ2n) is 4.33. The topological polar surface area (TPSA) is 75.4 Å². The number of unbranched alkanes of at least 4 members (excludes halogenated alkanes) is 1. The molecule has 16 heavy (non-hydrogen) atoms. The van der Waals surface area contributed by atoms with Crippen molar-refractivity contribution in [2.75, 3.05) is 26.2 Å². The van der Waals surface area contributed by atoms with Gasteiger partial charge in [-0.15, -0.1) is 0 Å². The van der Waals surface area contributed by atoms with Crippen molar-refractivity contribution in [3.8, 4) is 0 Å². The summed E-state index contributed by atoms with van der Waals surface area (Å²) in [5.41, 5.74) is 5.57. The Kier molecular flexibility index (Phi) is 5.68. The number of piperidine rings is 1. The highest BCUT2D eigenvalue weighted by molar-refractivity contribution is 7.87. The van der Waals surface area contributed by atoms with Crippen LogP contribution in [0.1, 0.15) is 32.6 Å². The van der Waals surface area contributed by atoms with Gasteiger partial charge in [-0.25, -0.2) is 4.72 Å². The van der Waals surface area contributed by atoms with E-state index in [-0.39, 0.29) is 0 Å².